The van der Waals surface area contributed by atoms with E-state index in [-0.39, 0.29) is 0 Å². The fraction of sp³-hybridized carbons (Fsp3) is 0.750. The third-order valence-corrected chi connectivity index (χ3v) is 5.29. The summed E-state index contributed by atoms with van der Waals surface area (Å²) in [6.45, 7) is 3.96. The first-order chi connectivity index (χ1) is 10.3. The van der Waals surface area contributed by atoms with Crippen LogP contribution < -0.4 is 10.2 Å². The van der Waals surface area contributed by atoms with E-state index in [9.17, 15) is 0 Å². The highest BCUT2D eigenvalue weighted by Crippen LogP contribution is 2.41. The number of piperidine rings is 1. The first kappa shape index (κ1) is 13.5. The summed E-state index contributed by atoms with van der Waals surface area (Å²) in [5.41, 5.74) is 2.59. The van der Waals surface area contributed by atoms with Crippen molar-refractivity contribution in [1.29, 1.82) is 0 Å². The highest BCUT2D eigenvalue weighted by molar-refractivity contribution is 5.53. The molecule has 21 heavy (non-hydrogen) atoms. The van der Waals surface area contributed by atoms with Gasteiger partial charge in [-0.3, -0.25) is 0 Å². The fourth-order valence-electron chi connectivity index (χ4n) is 4.32. The van der Waals surface area contributed by atoms with E-state index in [1.165, 1.54) is 29.9 Å². The quantitative estimate of drug-likeness (QED) is 0.895. The van der Waals surface area contributed by atoms with Gasteiger partial charge in [0.2, 0.25) is 0 Å². The summed E-state index contributed by atoms with van der Waals surface area (Å²) in [6, 6.07) is 1.18. The molecule has 1 N–H and O–H groups in total. The van der Waals surface area contributed by atoms with Crippen molar-refractivity contribution in [3.05, 3.63) is 17.1 Å². The maximum atomic E-state index is 5.62. The van der Waals surface area contributed by atoms with E-state index >= 15 is 0 Å². The average Bonchev–Trinajstić information content (AvgIpc) is 2.76. The van der Waals surface area contributed by atoms with E-state index in [0.717, 1.165) is 38.2 Å². The van der Waals surface area contributed by atoms with Gasteiger partial charge in [0.15, 0.2) is 0 Å². The second-order valence-corrected chi connectivity index (χ2v) is 6.57. The van der Waals surface area contributed by atoms with Gasteiger partial charge in [0, 0.05) is 44.3 Å². The number of rotatable bonds is 2. The van der Waals surface area contributed by atoms with Crippen molar-refractivity contribution in [1.82, 2.24) is 15.3 Å². The van der Waals surface area contributed by atoms with Gasteiger partial charge >= 0.3 is 0 Å². The molecule has 0 aliphatic carbocycles. The summed E-state index contributed by atoms with van der Waals surface area (Å²) in [5, 5.41) is 3.48. The second-order valence-electron chi connectivity index (χ2n) is 6.57. The topological polar surface area (TPSA) is 50.3 Å². The molecule has 4 heterocycles. The Morgan fingerprint density at radius 3 is 2.67 bits per heavy atom. The van der Waals surface area contributed by atoms with Crippen LogP contribution in [0.15, 0.2) is 0 Å². The molecule has 0 unspecified atom stereocenters. The molecule has 2 bridgehead atoms. The number of methoxy groups -OCH3 is 1. The van der Waals surface area contributed by atoms with Crippen LogP contribution in [0.1, 0.15) is 42.8 Å². The maximum Gasteiger partial charge on any atom is 0.137 e. The van der Waals surface area contributed by atoms with Crippen LogP contribution >= 0.6 is 0 Å². The van der Waals surface area contributed by atoms with Crippen LogP contribution in [0.25, 0.3) is 0 Å². The average molecular weight is 288 g/mol. The molecule has 1 aromatic rings. The molecule has 2 saturated heterocycles. The van der Waals surface area contributed by atoms with Crippen molar-refractivity contribution in [3.63, 3.8) is 0 Å². The van der Waals surface area contributed by atoms with Crippen molar-refractivity contribution in [3.8, 4) is 0 Å². The van der Waals surface area contributed by atoms with E-state index in [2.05, 4.69) is 15.2 Å². The monoisotopic (exact) mass is 288 g/mol. The SMILES string of the molecule is CO[C@H]1C[C@H]2CC[C@@H](C1)N2c1nc(C)nc2c1CNCC2. The van der Waals surface area contributed by atoms with Crippen LogP contribution in [-0.2, 0) is 17.7 Å². The lowest BCUT2D eigenvalue weighted by molar-refractivity contribution is 0.0681. The summed E-state index contributed by atoms with van der Waals surface area (Å²) >= 11 is 0. The van der Waals surface area contributed by atoms with Gasteiger partial charge < -0.3 is 15.0 Å². The Labute approximate surface area is 126 Å². The highest BCUT2D eigenvalue weighted by atomic mass is 16.5. The molecule has 5 heteroatoms. The normalized spacial score (nSPS) is 31.3. The number of hydrogen-bond donors (Lipinski definition) is 1. The van der Waals surface area contributed by atoms with E-state index in [0.29, 0.717) is 18.2 Å². The van der Waals surface area contributed by atoms with Gasteiger partial charge in [0.25, 0.3) is 0 Å². The number of aryl methyl sites for hydroxylation is 1. The van der Waals surface area contributed by atoms with E-state index in [1.807, 2.05) is 14.0 Å². The van der Waals surface area contributed by atoms with E-state index < -0.39 is 0 Å². The van der Waals surface area contributed by atoms with Gasteiger partial charge in [-0.05, 0) is 32.6 Å². The largest absolute Gasteiger partial charge is 0.381 e. The van der Waals surface area contributed by atoms with Crippen molar-refractivity contribution in [2.75, 3.05) is 18.6 Å². The third kappa shape index (κ3) is 2.23. The number of aromatic nitrogens is 2. The molecule has 0 amide bonds. The molecule has 0 saturated carbocycles. The number of fused-ring (bicyclic) bond motifs is 3. The molecule has 0 spiro atoms. The van der Waals surface area contributed by atoms with Crippen LogP contribution in [0, 0.1) is 6.92 Å². The van der Waals surface area contributed by atoms with Gasteiger partial charge in [0.05, 0.1) is 11.8 Å². The molecule has 1 aromatic heterocycles. The minimum Gasteiger partial charge on any atom is -0.381 e. The van der Waals surface area contributed by atoms with Gasteiger partial charge in [-0.25, -0.2) is 9.97 Å². The van der Waals surface area contributed by atoms with E-state index in [4.69, 9.17) is 9.72 Å². The Morgan fingerprint density at radius 2 is 1.95 bits per heavy atom. The van der Waals surface area contributed by atoms with Crippen LogP contribution in [0.4, 0.5) is 5.82 Å². The Hall–Kier alpha value is -1.20. The first-order valence-electron chi connectivity index (χ1n) is 8.14. The van der Waals surface area contributed by atoms with Gasteiger partial charge in [-0.15, -0.1) is 0 Å². The van der Waals surface area contributed by atoms with Crippen LogP contribution in [0.3, 0.4) is 0 Å². The van der Waals surface area contributed by atoms with Crippen molar-refractivity contribution >= 4 is 5.82 Å². The lowest BCUT2D eigenvalue weighted by atomic mass is 9.98. The summed E-state index contributed by atoms with van der Waals surface area (Å²) in [4.78, 5) is 12.1. The number of nitrogens with zero attached hydrogens (tertiary/aromatic N) is 3. The first-order valence-corrected chi connectivity index (χ1v) is 8.14. The molecule has 0 radical (unpaired) electrons. The fourth-order valence-corrected chi connectivity index (χ4v) is 4.32. The second kappa shape index (κ2) is 5.21. The smallest absolute Gasteiger partial charge is 0.137 e. The zero-order valence-electron chi connectivity index (χ0n) is 12.9. The van der Waals surface area contributed by atoms with Gasteiger partial charge in [-0.2, -0.15) is 0 Å². The Kier molecular flexibility index (Phi) is 3.34. The Bertz CT molecular complexity index is 533. The molecule has 0 aromatic carbocycles. The van der Waals surface area contributed by atoms with Crippen molar-refractivity contribution in [2.45, 2.75) is 63.8 Å². The predicted molar refractivity (Wildman–Crippen MR) is 81.5 cm³/mol. The molecule has 4 rings (SSSR count). The standard InChI is InChI=1S/C16H24N4O/c1-10-18-15-5-6-17-9-14(15)16(19-10)20-11-3-4-12(20)8-13(7-11)21-2/h11-13,17H,3-9H2,1-2H3/t11-,12+,13+. The molecule has 2 fully saturated rings. The highest BCUT2D eigenvalue weighted by Gasteiger charge is 2.42. The number of anilines is 1. The summed E-state index contributed by atoms with van der Waals surface area (Å²) < 4.78 is 5.62. The molecular formula is C16H24N4O. The third-order valence-electron chi connectivity index (χ3n) is 5.29. The number of hydrogen-bond acceptors (Lipinski definition) is 5. The Morgan fingerprint density at radius 1 is 1.19 bits per heavy atom. The molecule has 3 atom stereocenters. The summed E-state index contributed by atoms with van der Waals surface area (Å²) in [6.07, 6.45) is 6.27. The number of ether oxygens (including phenoxy) is 1. The lowest BCUT2D eigenvalue weighted by Gasteiger charge is -2.40. The van der Waals surface area contributed by atoms with Crippen molar-refractivity contribution < 1.29 is 4.74 Å². The summed E-state index contributed by atoms with van der Waals surface area (Å²) in [7, 11) is 1.85. The predicted octanol–water partition coefficient (Wildman–Crippen LogP) is 1.58. The lowest BCUT2D eigenvalue weighted by Crippen LogP contribution is -2.47. The summed E-state index contributed by atoms with van der Waals surface area (Å²) in [5.74, 6) is 2.12. The van der Waals surface area contributed by atoms with Gasteiger partial charge in [0.1, 0.15) is 11.6 Å². The van der Waals surface area contributed by atoms with Crippen molar-refractivity contribution in [2.24, 2.45) is 0 Å². The van der Waals surface area contributed by atoms with Crippen LogP contribution in [-0.4, -0.2) is 41.8 Å². The minimum absolute atomic E-state index is 0.427. The van der Waals surface area contributed by atoms with Gasteiger partial charge in [-0.1, -0.05) is 0 Å². The Balaban J connectivity index is 1.72. The number of nitrogens with one attached hydrogen (secondary N) is 1. The maximum absolute atomic E-state index is 5.62. The zero-order valence-corrected chi connectivity index (χ0v) is 12.9. The molecular weight excluding hydrogens is 264 g/mol. The van der Waals surface area contributed by atoms with Crippen LogP contribution in [0.2, 0.25) is 0 Å². The molecule has 114 valence electrons. The zero-order chi connectivity index (χ0) is 14.4. The molecule has 3 aliphatic rings. The molecule has 5 nitrogen and oxygen atoms in total. The minimum atomic E-state index is 0.427. The van der Waals surface area contributed by atoms with Crippen LogP contribution in [0.5, 0.6) is 0 Å². The molecule has 3 aliphatic heterocycles. The van der Waals surface area contributed by atoms with E-state index in [1.54, 1.807) is 0 Å².